The van der Waals surface area contributed by atoms with E-state index in [0.29, 0.717) is 5.69 Å². The molecule has 74 valence electrons. The molecule has 0 bridgehead atoms. The number of carbonyl (C=O) groups excluding carboxylic acids is 2. The smallest absolute Gasteiger partial charge is 0.306 e. The molecule has 2 N–H and O–H groups in total. The van der Waals surface area contributed by atoms with Crippen LogP contribution in [0.25, 0.3) is 0 Å². The number of carbonyl (C=O) groups is 2. The minimum absolute atomic E-state index is 0.0208. The topological polar surface area (TPSA) is 69.6 Å². The molecule has 5 nitrogen and oxygen atoms in total. The number of benzene rings is 1. The number of amides is 3. The van der Waals surface area contributed by atoms with Gasteiger partial charge in [-0.15, -0.1) is 5.06 Å². The number of imide groups is 1. The molecule has 14 heavy (non-hydrogen) atoms. The molecular weight excluding hydrogens is 184 g/mol. The summed E-state index contributed by atoms with van der Waals surface area (Å²) in [6, 6.07) is 7.66. The molecule has 0 atom stereocenters. The van der Waals surface area contributed by atoms with Crippen molar-refractivity contribution in [1.29, 1.82) is 0 Å². The van der Waals surface area contributed by atoms with E-state index in [1.807, 2.05) is 0 Å². The summed E-state index contributed by atoms with van der Waals surface area (Å²) in [5, 5.41) is 11.3. The number of hydroxylamine groups is 2. The second-order valence-corrected chi connectivity index (χ2v) is 2.63. The third-order valence-corrected chi connectivity index (χ3v) is 1.52. The summed E-state index contributed by atoms with van der Waals surface area (Å²) in [4.78, 5) is 21.7. The molecule has 0 unspecified atom stereocenters. The fourth-order valence-electron chi connectivity index (χ4n) is 0.841. The van der Waals surface area contributed by atoms with Gasteiger partial charge in [-0.25, -0.2) is 4.79 Å². The highest BCUT2D eigenvalue weighted by atomic mass is 16.5. The first-order chi connectivity index (χ1) is 6.61. The highest BCUT2D eigenvalue weighted by Crippen LogP contribution is 2.05. The Kier molecular flexibility index (Phi) is 3.19. The monoisotopic (exact) mass is 194 g/mol. The summed E-state index contributed by atoms with van der Waals surface area (Å²) >= 11 is 0. The van der Waals surface area contributed by atoms with Gasteiger partial charge in [-0.05, 0) is 12.1 Å². The van der Waals surface area contributed by atoms with Crippen molar-refractivity contribution in [1.82, 2.24) is 5.06 Å². The molecule has 0 aliphatic carbocycles. The SMILES string of the molecule is CC(=O)N(O)C(=O)Nc1ccccc1. The van der Waals surface area contributed by atoms with Crippen molar-refractivity contribution in [2.75, 3.05) is 5.32 Å². The zero-order valence-electron chi connectivity index (χ0n) is 7.60. The van der Waals surface area contributed by atoms with Crippen LogP contribution in [0.1, 0.15) is 6.92 Å². The Morgan fingerprint density at radius 1 is 1.29 bits per heavy atom. The van der Waals surface area contributed by atoms with E-state index in [4.69, 9.17) is 5.21 Å². The number of anilines is 1. The number of nitrogens with zero attached hydrogens (tertiary/aromatic N) is 1. The second-order valence-electron chi connectivity index (χ2n) is 2.63. The van der Waals surface area contributed by atoms with E-state index >= 15 is 0 Å². The Hall–Kier alpha value is -1.88. The average molecular weight is 194 g/mol. The zero-order valence-corrected chi connectivity index (χ0v) is 7.60. The number of urea groups is 1. The first-order valence-electron chi connectivity index (χ1n) is 3.97. The normalized spacial score (nSPS) is 9.29. The summed E-state index contributed by atoms with van der Waals surface area (Å²) in [5.41, 5.74) is 0.512. The van der Waals surface area contributed by atoms with Gasteiger partial charge in [-0.1, -0.05) is 18.2 Å². The Bertz CT molecular complexity index is 337. The minimum atomic E-state index is -0.872. The zero-order chi connectivity index (χ0) is 10.6. The highest BCUT2D eigenvalue weighted by Gasteiger charge is 2.14. The first kappa shape index (κ1) is 10.2. The van der Waals surface area contributed by atoms with E-state index in [0.717, 1.165) is 6.92 Å². The van der Waals surface area contributed by atoms with Gasteiger partial charge in [-0.2, -0.15) is 0 Å². The van der Waals surface area contributed by atoms with E-state index in [-0.39, 0.29) is 5.06 Å². The lowest BCUT2D eigenvalue weighted by atomic mass is 10.3. The quantitative estimate of drug-likeness (QED) is 0.525. The maximum atomic E-state index is 11.1. The molecule has 0 fully saturated rings. The maximum absolute atomic E-state index is 11.1. The molecule has 0 aliphatic rings. The molecule has 1 aromatic rings. The molecular formula is C9H10N2O3. The lowest BCUT2D eigenvalue weighted by molar-refractivity contribution is -0.149. The first-order valence-corrected chi connectivity index (χ1v) is 3.97. The molecule has 0 spiro atoms. The Balaban J connectivity index is 2.62. The van der Waals surface area contributed by atoms with Gasteiger partial charge >= 0.3 is 6.03 Å². The molecule has 1 rings (SSSR count). The van der Waals surface area contributed by atoms with Crippen LogP contribution in [0, 0.1) is 0 Å². The van der Waals surface area contributed by atoms with Crippen LogP contribution in [0.3, 0.4) is 0 Å². The fourth-order valence-corrected chi connectivity index (χ4v) is 0.841. The van der Waals surface area contributed by atoms with E-state index in [9.17, 15) is 9.59 Å². The van der Waals surface area contributed by atoms with Crippen molar-refractivity contribution >= 4 is 17.6 Å². The molecule has 0 aromatic heterocycles. The van der Waals surface area contributed by atoms with Crippen LogP contribution in [-0.2, 0) is 4.79 Å². The number of nitrogens with one attached hydrogen (secondary N) is 1. The highest BCUT2D eigenvalue weighted by molar-refractivity contribution is 5.99. The number of hydrogen-bond acceptors (Lipinski definition) is 3. The summed E-state index contributed by atoms with van der Waals surface area (Å²) in [6.45, 7) is 1.09. The Labute approximate surface area is 80.9 Å². The maximum Gasteiger partial charge on any atom is 0.353 e. The predicted octanol–water partition coefficient (Wildman–Crippen LogP) is 1.46. The summed E-state index contributed by atoms with van der Waals surface area (Å²) in [6.07, 6.45) is 0. The van der Waals surface area contributed by atoms with Crippen LogP contribution in [0.4, 0.5) is 10.5 Å². The molecule has 0 aliphatic heterocycles. The van der Waals surface area contributed by atoms with Crippen molar-refractivity contribution < 1.29 is 14.8 Å². The van der Waals surface area contributed by atoms with E-state index in [2.05, 4.69) is 5.32 Å². The van der Waals surface area contributed by atoms with Crippen LogP contribution < -0.4 is 5.32 Å². The largest absolute Gasteiger partial charge is 0.353 e. The van der Waals surface area contributed by atoms with Crippen molar-refractivity contribution in [2.24, 2.45) is 0 Å². The van der Waals surface area contributed by atoms with Crippen LogP contribution in [0.5, 0.6) is 0 Å². The van der Waals surface area contributed by atoms with Crippen LogP contribution in [-0.4, -0.2) is 22.2 Å². The summed E-state index contributed by atoms with van der Waals surface area (Å²) in [5.74, 6) is -0.738. The third kappa shape index (κ3) is 2.56. The summed E-state index contributed by atoms with van der Waals surface area (Å²) < 4.78 is 0. The van der Waals surface area contributed by atoms with Crippen molar-refractivity contribution in [2.45, 2.75) is 6.92 Å². The Morgan fingerprint density at radius 2 is 1.86 bits per heavy atom. The standard InChI is InChI=1S/C9H10N2O3/c1-7(12)11(14)9(13)10-8-5-3-2-4-6-8/h2-6,14H,1H3,(H,10,13). The van der Waals surface area contributed by atoms with Gasteiger partial charge < -0.3 is 5.32 Å². The van der Waals surface area contributed by atoms with Crippen LogP contribution in [0.15, 0.2) is 30.3 Å². The number of para-hydroxylation sites is 1. The van der Waals surface area contributed by atoms with Crippen molar-refractivity contribution in [3.63, 3.8) is 0 Å². The van der Waals surface area contributed by atoms with Gasteiger partial charge in [0.1, 0.15) is 0 Å². The van der Waals surface area contributed by atoms with Crippen LogP contribution in [0.2, 0.25) is 0 Å². The predicted molar refractivity (Wildman–Crippen MR) is 49.8 cm³/mol. The third-order valence-electron chi connectivity index (χ3n) is 1.52. The van der Waals surface area contributed by atoms with Gasteiger partial charge in [0.05, 0.1) is 0 Å². The second kappa shape index (κ2) is 4.38. The van der Waals surface area contributed by atoms with Gasteiger partial charge in [0.15, 0.2) is 0 Å². The van der Waals surface area contributed by atoms with E-state index in [1.54, 1.807) is 30.3 Å². The summed E-state index contributed by atoms with van der Waals surface area (Å²) in [7, 11) is 0. The van der Waals surface area contributed by atoms with Crippen molar-refractivity contribution in [3.8, 4) is 0 Å². The van der Waals surface area contributed by atoms with Gasteiger partial charge in [0.2, 0.25) is 0 Å². The molecule has 0 saturated carbocycles. The van der Waals surface area contributed by atoms with Gasteiger partial charge in [0.25, 0.3) is 5.91 Å². The Morgan fingerprint density at radius 3 is 2.36 bits per heavy atom. The van der Waals surface area contributed by atoms with E-state index < -0.39 is 11.9 Å². The van der Waals surface area contributed by atoms with Gasteiger partial charge in [0, 0.05) is 12.6 Å². The minimum Gasteiger partial charge on any atom is -0.306 e. The molecule has 1 aromatic carbocycles. The van der Waals surface area contributed by atoms with E-state index in [1.165, 1.54) is 0 Å². The molecule has 0 radical (unpaired) electrons. The van der Waals surface area contributed by atoms with Crippen molar-refractivity contribution in [3.05, 3.63) is 30.3 Å². The lowest BCUT2D eigenvalue weighted by Crippen LogP contribution is -2.35. The molecule has 0 saturated heterocycles. The average Bonchev–Trinajstić information content (AvgIpc) is 2.18. The fraction of sp³-hybridized carbons (Fsp3) is 0.111. The lowest BCUT2D eigenvalue weighted by Gasteiger charge is -2.11. The van der Waals surface area contributed by atoms with Crippen LogP contribution >= 0.6 is 0 Å². The molecule has 5 heteroatoms. The van der Waals surface area contributed by atoms with Gasteiger partial charge in [-0.3, -0.25) is 10.0 Å². The number of rotatable bonds is 1. The number of hydrogen-bond donors (Lipinski definition) is 2. The molecule has 3 amide bonds. The molecule has 0 heterocycles.